The van der Waals surface area contributed by atoms with Gasteiger partial charge in [-0.15, -0.1) is 0 Å². The summed E-state index contributed by atoms with van der Waals surface area (Å²) in [5.74, 6) is -0.0151. The van der Waals surface area contributed by atoms with Gasteiger partial charge < -0.3 is 20.9 Å². The van der Waals surface area contributed by atoms with Gasteiger partial charge >= 0.3 is 0 Å². The van der Waals surface area contributed by atoms with E-state index in [0.717, 1.165) is 25.7 Å². The number of rotatable bonds is 5. The molecule has 0 spiro atoms. The van der Waals surface area contributed by atoms with Gasteiger partial charge in [0.05, 0.1) is 18.6 Å². The zero-order valence-electron chi connectivity index (χ0n) is 9.82. The summed E-state index contributed by atoms with van der Waals surface area (Å²) in [5, 5.41) is 12.3. The third kappa shape index (κ3) is 4.47. The molecule has 4 N–H and O–H groups in total. The molecule has 0 saturated heterocycles. The SMILES string of the molecule is COC(CN)CC(=O)NC1CCC(O)CC1. The maximum atomic E-state index is 11.6. The molecule has 1 aliphatic rings. The molecule has 0 radical (unpaired) electrons. The summed E-state index contributed by atoms with van der Waals surface area (Å²) < 4.78 is 5.05. The van der Waals surface area contributed by atoms with E-state index < -0.39 is 0 Å². The van der Waals surface area contributed by atoms with Crippen molar-refractivity contribution in [2.75, 3.05) is 13.7 Å². The number of carbonyl (C=O) groups is 1. The lowest BCUT2D eigenvalue weighted by Crippen LogP contribution is -2.40. The minimum absolute atomic E-state index is 0.0151. The van der Waals surface area contributed by atoms with Crippen LogP contribution in [-0.4, -0.2) is 42.9 Å². The number of carbonyl (C=O) groups excluding carboxylic acids is 1. The Hall–Kier alpha value is -0.650. The molecule has 0 aromatic heterocycles. The Morgan fingerprint density at radius 1 is 1.50 bits per heavy atom. The Bertz CT molecular complexity index is 211. The lowest BCUT2D eigenvalue weighted by atomic mass is 9.93. The fraction of sp³-hybridized carbons (Fsp3) is 0.909. The monoisotopic (exact) mass is 230 g/mol. The molecular formula is C11H22N2O3. The molecule has 5 heteroatoms. The van der Waals surface area contributed by atoms with Crippen molar-refractivity contribution in [3.8, 4) is 0 Å². The van der Waals surface area contributed by atoms with Gasteiger partial charge in [-0.2, -0.15) is 0 Å². The van der Waals surface area contributed by atoms with Gasteiger partial charge in [0, 0.05) is 19.7 Å². The maximum absolute atomic E-state index is 11.6. The number of aliphatic hydroxyl groups is 1. The van der Waals surface area contributed by atoms with Gasteiger partial charge in [-0.25, -0.2) is 0 Å². The number of amides is 1. The number of nitrogens with two attached hydrogens (primary N) is 1. The van der Waals surface area contributed by atoms with E-state index in [-0.39, 0.29) is 24.2 Å². The minimum atomic E-state index is -0.200. The van der Waals surface area contributed by atoms with Gasteiger partial charge in [-0.05, 0) is 25.7 Å². The molecule has 1 aliphatic carbocycles. The molecule has 0 aliphatic heterocycles. The van der Waals surface area contributed by atoms with Crippen LogP contribution in [0.1, 0.15) is 32.1 Å². The Labute approximate surface area is 96.3 Å². The molecule has 5 nitrogen and oxygen atoms in total. The van der Waals surface area contributed by atoms with E-state index in [9.17, 15) is 9.90 Å². The molecule has 1 amide bonds. The molecule has 0 bridgehead atoms. The molecule has 1 atom stereocenters. The highest BCUT2D eigenvalue weighted by Gasteiger charge is 2.21. The fourth-order valence-electron chi connectivity index (χ4n) is 1.98. The van der Waals surface area contributed by atoms with Crippen LogP contribution in [0.5, 0.6) is 0 Å². The van der Waals surface area contributed by atoms with Gasteiger partial charge in [-0.1, -0.05) is 0 Å². The first-order valence-corrected chi connectivity index (χ1v) is 5.86. The first-order chi connectivity index (χ1) is 7.65. The first kappa shape index (κ1) is 13.4. The molecule has 1 saturated carbocycles. The highest BCUT2D eigenvalue weighted by atomic mass is 16.5. The Balaban J connectivity index is 2.23. The summed E-state index contributed by atoms with van der Waals surface area (Å²) in [7, 11) is 1.56. The first-order valence-electron chi connectivity index (χ1n) is 5.86. The van der Waals surface area contributed by atoms with Gasteiger partial charge in [0.1, 0.15) is 0 Å². The van der Waals surface area contributed by atoms with Crippen molar-refractivity contribution in [2.24, 2.45) is 5.73 Å². The van der Waals surface area contributed by atoms with Crippen molar-refractivity contribution in [3.63, 3.8) is 0 Å². The molecule has 16 heavy (non-hydrogen) atoms. The van der Waals surface area contributed by atoms with Crippen LogP contribution < -0.4 is 11.1 Å². The van der Waals surface area contributed by atoms with Crippen molar-refractivity contribution >= 4 is 5.91 Å². The zero-order chi connectivity index (χ0) is 12.0. The van der Waals surface area contributed by atoms with E-state index in [0.29, 0.717) is 13.0 Å². The van der Waals surface area contributed by atoms with Gasteiger partial charge in [0.2, 0.25) is 5.91 Å². The average molecular weight is 230 g/mol. The zero-order valence-corrected chi connectivity index (χ0v) is 9.82. The second-order valence-electron chi connectivity index (χ2n) is 4.37. The molecule has 1 fully saturated rings. The van der Waals surface area contributed by atoms with Crippen LogP contribution in [-0.2, 0) is 9.53 Å². The number of aliphatic hydroxyl groups excluding tert-OH is 1. The summed E-state index contributed by atoms with van der Waals surface area (Å²) in [6.45, 7) is 0.354. The smallest absolute Gasteiger partial charge is 0.222 e. The molecule has 0 heterocycles. The lowest BCUT2D eigenvalue weighted by Gasteiger charge is -2.26. The van der Waals surface area contributed by atoms with Crippen LogP contribution in [0.4, 0.5) is 0 Å². The standard InChI is InChI=1S/C11H22N2O3/c1-16-10(7-12)6-11(15)13-8-2-4-9(14)5-3-8/h8-10,14H,2-7,12H2,1H3,(H,13,15). The van der Waals surface area contributed by atoms with Gasteiger partial charge in [0.15, 0.2) is 0 Å². The van der Waals surface area contributed by atoms with Crippen molar-refractivity contribution in [3.05, 3.63) is 0 Å². The number of methoxy groups -OCH3 is 1. The van der Waals surface area contributed by atoms with E-state index >= 15 is 0 Å². The van der Waals surface area contributed by atoms with E-state index in [1.165, 1.54) is 0 Å². The Kier molecular flexibility index (Phi) is 5.73. The topological polar surface area (TPSA) is 84.6 Å². The average Bonchev–Trinajstić information content (AvgIpc) is 2.29. The second kappa shape index (κ2) is 6.83. The number of hydrogen-bond donors (Lipinski definition) is 3. The molecule has 94 valence electrons. The van der Waals surface area contributed by atoms with Crippen LogP contribution in [0.2, 0.25) is 0 Å². The van der Waals surface area contributed by atoms with Crippen molar-refractivity contribution < 1.29 is 14.6 Å². The van der Waals surface area contributed by atoms with Crippen LogP contribution in [0.15, 0.2) is 0 Å². The minimum Gasteiger partial charge on any atom is -0.393 e. The quantitative estimate of drug-likeness (QED) is 0.609. The number of ether oxygens (including phenoxy) is 1. The Morgan fingerprint density at radius 2 is 2.12 bits per heavy atom. The summed E-state index contributed by atoms with van der Waals surface area (Å²) in [6, 6.07) is 0.200. The molecule has 1 unspecified atom stereocenters. The van der Waals surface area contributed by atoms with Crippen molar-refractivity contribution in [2.45, 2.75) is 50.4 Å². The van der Waals surface area contributed by atoms with E-state index in [4.69, 9.17) is 10.5 Å². The number of hydrogen-bond acceptors (Lipinski definition) is 4. The van der Waals surface area contributed by atoms with E-state index in [1.54, 1.807) is 7.11 Å². The highest BCUT2D eigenvalue weighted by molar-refractivity contribution is 5.76. The summed E-state index contributed by atoms with van der Waals surface area (Å²) in [6.07, 6.45) is 3.18. The lowest BCUT2D eigenvalue weighted by molar-refractivity contribution is -0.124. The maximum Gasteiger partial charge on any atom is 0.222 e. The van der Waals surface area contributed by atoms with Gasteiger partial charge in [-0.3, -0.25) is 4.79 Å². The van der Waals surface area contributed by atoms with Crippen molar-refractivity contribution in [1.82, 2.24) is 5.32 Å². The van der Waals surface area contributed by atoms with Gasteiger partial charge in [0.25, 0.3) is 0 Å². The van der Waals surface area contributed by atoms with Crippen LogP contribution in [0.3, 0.4) is 0 Å². The second-order valence-corrected chi connectivity index (χ2v) is 4.37. The highest BCUT2D eigenvalue weighted by Crippen LogP contribution is 2.18. The summed E-state index contributed by atoms with van der Waals surface area (Å²) >= 11 is 0. The summed E-state index contributed by atoms with van der Waals surface area (Å²) in [5.41, 5.74) is 5.44. The molecular weight excluding hydrogens is 208 g/mol. The van der Waals surface area contributed by atoms with Crippen LogP contribution in [0, 0.1) is 0 Å². The molecule has 1 rings (SSSR count). The normalized spacial score (nSPS) is 27.4. The Morgan fingerprint density at radius 3 is 2.62 bits per heavy atom. The number of nitrogens with one attached hydrogen (secondary N) is 1. The fourth-order valence-corrected chi connectivity index (χ4v) is 1.98. The summed E-state index contributed by atoms with van der Waals surface area (Å²) in [4.78, 5) is 11.6. The molecule has 0 aromatic carbocycles. The van der Waals surface area contributed by atoms with E-state index in [2.05, 4.69) is 5.32 Å². The third-order valence-corrected chi connectivity index (χ3v) is 3.07. The third-order valence-electron chi connectivity index (χ3n) is 3.07. The predicted octanol–water partition coefficient (Wildman–Crippen LogP) is -0.230. The van der Waals surface area contributed by atoms with Crippen LogP contribution >= 0.6 is 0 Å². The van der Waals surface area contributed by atoms with Crippen LogP contribution in [0.25, 0.3) is 0 Å². The van der Waals surface area contributed by atoms with Crippen molar-refractivity contribution in [1.29, 1.82) is 0 Å². The van der Waals surface area contributed by atoms with E-state index in [1.807, 2.05) is 0 Å². The molecule has 0 aromatic rings. The largest absolute Gasteiger partial charge is 0.393 e. The predicted molar refractivity (Wildman–Crippen MR) is 60.9 cm³/mol.